The summed E-state index contributed by atoms with van der Waals surface area (Å²) in [6, 6.07) is -25.0. The molecule has 0 saturated carbocycles. The summed E-state index contributed by atoms with van der Waals surface area (Å²) in [5.41, 5.74) is 0. The maximum absolute atomic E-state index is 14.0. The normalized spacial score (nSPS) is 24.0. The van der Waals surface area contributed by atoms with Gasteiger partial charge < -0.3 is 4.74 Å². The summed E-state index contributed by atoms with van der Waals surface area (Å²) >= 11 is 0. The summed E-state index contributed by atoms with van der Waals surface area (Å²) in [6.07, 6.45) is -34.1. The van der Waals surface area contributed by atoms with Crippen molar-refractivity contribution in [3.8, 4) is 0 Å². The van der Waals surface area contributed by atoms with Crippen LogP contribution in [0.1, 0.15) is 12.8 Å². The predicted octanol–water partition coefficient (Wildman–Crippen LogP) is 6.51. The van der Waals surface area contributed by atoms with Crippen LogP contribution in [0.4, 0.5) is 83.4 Å². The second kappa shape index (κ2) is 8.03. The van der Waals surface area contributed by atoms with Crippen LogP contribution < -0.4 is 0 Å². The minimum atomic E-state index is -8.45. The average Bonchev–Trinajstić information content (AvgIpc) is 2.53. The number of hydrogen-bond acceptors (Lipinski definition) is 3. The number of hydrogen-bond donors (Lipinski definition) is 0. The molecule has 1 saturated heterocycles. The highest BCUT2D eigenvalue weighted by Gasteiger charge is 2.87. The number of nitrogens with zero attached hydrogens (tertiary/aromatic N) is 1. The van der Waals surface area contributed by atoms with E-state index in [1.54, 1.807) is 4.74 Å². The molecule has 1 aliphatic rings. The van der Waals surface area contributed by atoms with E-state index in [4.69, 9.17) is 0 Å². The van der Waals surface area contributed by atoms with Crippen LogP contribution in [0.3, 0.4) is 0 Å². The van der Waals surface area contributed by atoms with Gasteiger partial charge in [0.1, 0.15) is 0 Å². The van der Waals surface area contributed by atoms with Gasteiger partial charge in [0.05, 0.1) is 6.61 Å². The number of halogens is 19. The van der Waals surface area contributed by atoms with Gasteiger partial charge in [0.2, 0.25) is 0 Å². The molecule has 3 nitrogen and oxygen atoms in total. The van der Waals surface area contributed by atoms with Crippen molar-refractivity contribution in [2.45, 2.75) is 67.3 Å². The molecular weight excluding hydrogens is 551 g/mol. The molecule has 1 fully saturated rings. The molecule has 0 aromatic carbocycles. The van der Waals surface area contributed by atoms with Crippen LogP contribution in [-0.2, 0) is 9.47 Å². The largest absolute Gasteiger partial charge is 0.469 e. The van der Waals surface area contributed by atoms with E-state index in [0.717, 1.165) is 0 Å². The fourth-order valence-electron chi connectivity index (χ4n) is 2.27. The van der Waals surface area contributed by atoms with Gasteiger partial charge in [-0.05, 0) is 6.42 Å². The lowest BCUT2D eigenvalue weighted by atomic mass is 10.0. The highest BCUT2D eigenvalue weighted by molar-refractivity contribution is 4.99. The van der Waals surface area contributed by atoms with Crippen molar-refractivity contribution in [2.75, 3.05) is 6.61 Å². The van der Waals surface area contributed by atoms with Gasteiger partial charge in [0.15, 0.2) is 0 Å². The van der Waals surface area contributed by atoms with Crippen LogP contribution in [0.5, 0.6) is 0 Å². The maximum atomic E-state index is 14.0. The first kappa shape index (κ1) is 30.6. The molecule has 0 N–H and O–H groups in total. The minimum Gasteiger partial charge on any atom is -0.334 e. The van der Waals surface area contributed by atoms with Crippen LogP contribution in [-0.4, -0.2) is 66.0 Å². The van der Waals surface area contributed by atoms with Crippen molar-refractivity contribution in [3.05, 3.63) is 0 Å². The molecule has 0 spiro atoms. The molecule has 204 valence electrons. The second-order valence-electron chi connectivity index (χ2n) is 6.34. The summed E-state index contributed by atoms with van der Waals surface area (Å²) < 4.78 is 254. The first-order chi connectivity index (χ1) is 14.5. The number of rotatable bonds is 7. The Balaban J connectivity index is 3.70. The van der Waals surface area contributed by atoms with E-state index in [1.807, 2.05) is 0 Å². The Bertz CT molecular complexity index is 717. The van der Waals surface area contributed by atoms with Gasteiger partial charge in [-0.2, -0.15) is 83.4 Å². The zero-order chi connectivity index (χ0) is 27.6. The Kier molecular flexibility index (Phi) is 7.22. The molecule has 1 atom stereocenters. The lowest BCUT2D eigenvalue weighted by Crippen LogP contribution is -2.75. The van der Waals surface area contributed by atoms with E-state index in [-0.39, 0.29) is 0 Å². The molecule has 34 heavy (non-hydrogen) atoms. The Morgan fingerprint density at radius 2 is 1.00 bits per heavy atom. The smallest absolute Gasteiger partial charge is 0.334 e. The van der Waals surface area contributed by atoms with Crippen LogP contribution in [0.2, 0.25) is 0 Å². The molecular formula is C12H6F19NO2. The molecule has 1 unspecified atom stereocenters. The van der Waals surface area contributed by atoms with Gasteiger partial charge in [-0.3, -0.25) is 0 Å². The standard InChI is InChI=1S/C12H6F19NO2/c13-4(14)2-1-3-33-5(4,15)11(28,29)34-12(30,31)10(26,27)32(8(22,23)6(16,17)18)9(24,25)7(19,20)21/h1-3H2. The third-order valence-corrected chi connectivity index (χ3v) is 3.91. The van der Waals surface area contributed by atoms with E-state index in [1.165, 1.54) is 0 Å². The first-order valence-electron chi connectivity index (χ1n) is 7.77. The number of alkyl halides is 19. The van der Waals surface area contributed by atoms with Gasteiger partial charge in [-0.15, -0.1) is 0 Å². The zero-order valence-corrected chi connectivity index (χ0v) is 15.1. The van der Waals surface area contributed by atoms with Crippen molar-refractivity contribution in [2.24, 2.45) is 0 Å². The van der Waals surface area contributed by atoms with Gasteiger partial charge in [0.25, 0.3) is 0 Å². The molecule has 0 bridgehead atoms. The Labute approximate surface area is 173 Å². The van der Waals surface area contributed by atoms with Crippen molar-refractivity contribution in [3.63, 3.8) is 0 Å². The van der Waals surface area contributed by atoms with Crippen LogP contribution in [0.15, 0.2) is 0 Å². The highest BCUT2D eigenvalue weighted by atomic mass is 19.4. The predicted molar refractivity (Wildman–Crippen MR) is 63.7 cm³/mol. The molecule has 0 aromatic heterocycles. The summed E-state index contributed by atoms with van der Waals surface area (Å²) in [5, 5.41) is 0. The molecule has 1 heterocycles. The maximum Gasteiger partial charge on any atom is 0.469 e. The summed E-state index contributed by atoms with van der Waals surface area (Å²) in [7, 11) is 0. The lowest BCUT2D eigenvalue weighted by molar-refractivity contribution is -0.554. The third-order valence-electron chi connectivity index (χ3n) is 3.91. The van der Waals surface area contributed by atoms with Gasteiger partial charge in [-0.1, -0.05) is 4.90 Å². The molecule has 22 heteroatoms. The molecule has 1 aliphatic heterocycles. The molecule has 0 aromatic rings. The first-order valence-corrected chi connectivity index (χ1v) is 7.77. The summed E-state index contributed by atoms with van der Waals surface area (Å²) in [6.45, 7) is -1.50. The Morgan fingerprint density at radius 1 is 0.618 bits per heavy atom. The van der Waals surface area contributed by atoms with Gasteiger partial charge >= 0.3 is 54.5 Å². The molecule has 0 amide bonds. The second-order valence-corrected chi connectivity index (χ2v) is 6.34. The van der Waals surface area contributed by atoms with Crippen LogP contribution >= 0.6 is 0 Å². The minimum absolute atomic E-state index is 0.995. The van der Waals surface area contributed by atoms with E-state index in [9.17, 15) is 83.4 Å². The van der Waals surface area contributed by atoms with Crippen LogP contribution in [0, 0.1) is 0 Å². The van der Waals surface area contributed by atoms with Crippen molar-refractivity contribution in [1.29, 1.82) is 0 Å². The van der Waals surface area contributed by atoms with E-state index >= 15 is 0 Å². The fraction of sp³-hybridized carbons (Fsp3) is 1.00. The summed E-state index contributed by atoms with van der Waals surface area (Å²) in [4.78, 5) is -4.87. The van der Waals surface area contributed by atoms with Crippen molar-refractivity contribution >= 4 is 0 Å². The van der Waals surface area contributed by atoms with E-state index in [0.29, 0.717) is 0 Å². The molecule has 1 rings (SSSR count). The number of ether oxygens (including phenoxy) is 2. The Hall–Kier alpha value is -1.45. The topological polar surface area (TPSA) is 21.7 Å². The quantitative estimate of drug-likeness (QED) is 0.264. The fourth-order valence-corrected chi connectivity index (χ4v) is 2.27. The monoisotopic (exact) mass is 557 g/mol. The zero-order valence-electron chi connectivity index (χ0n) is 15.1. The SMILES string of the molecule is FC(F)(F)C(F)(F)N(C(F)(F)C(F)(F)F)C(F)(F)C(F)(F)OC(F)(F)C1(F)OCCCC1(F)F. The molecule has 0 radical (unpaired) electrons. The third kappa shape index (κ3) is 4.55. The highest BCUT2D eigenvalue weighted by Crippen LogP contribution is 2.58. The Morgan fingerprint density at radius 3 is 1.32 bits per heavy atom. The average molecular weight is 557 g/mol. The van der Waals surface area contributed by atoms with Crippen molar-refractivity contribution in [1.82, 2.24) is 4.90 Å². The van der Waals surface area contributed by atoms with Gasteiger partial charge in [0, 0.05) is 6.42 Å². The van der Waals surface area contributed by atoms with Crippen molar-refractivity contribution < 1.29 is 92.9 Å². The van der Waals surface area contributed by atoms with Gasteiger partial charge in [-0.25, -0.2) is 4.74 Å². The lowest BCUT2D eigenvalue weighted by Gasteiger charge is -2.45. The molecule has 0 aliphatic carbocycles. The van der Waals surface area contributed by atoms with E-state index < -0.39 is 78.8 Å². The van der Waals surface area contributed by atoms with E-state index in [2.05, 4.69) is 4.74 Å². The summed E-state index contributed by atoms with van der Waals surface area (Å²) in [5.74, 6) is -11.8. The van der Waals surface area contributed by atoms with Crippen LogP contribution in [0.25, 0.3) is 0 Å².